The van der Waals surface area contributed by atoms with Gasteiger partial charge in [-0.3, -0.25) is 0 Å². The van der Waals surface area contributed by atoms with Crippen LogP contribution in [0.3, 0.4) is 0 Å². The molecule has 5 rings (SSSR count). The summed E-state index contributed by atoms with van der Waals surface area (Å²) in [4.78, 5) is 4.88. The molecule has 1 heterocycles. The van der Waals surface area contributed by atoms with Gasteiger partial charge in [-0.2, -0.15) is 0 Å². The van der Waals surface area contributed by atoms with Gasteiger partial charge in [0.25, 0.3) is 0 Å². The summed E-state index contributed by atoms with van der Waals surface area (Å²) in [6, 6.07) is 26.1. The zero-order valence-electron chi connectivity index (χ0n) is 16.3. The molecule has 0 spiro atoms. The second-order valence-electron chi connectivity index (χ2n) is 8.04. The van der Waals surface area contributed by atoms with Crippen molar-refractivity contribution in [2.24, 2.45) is 0 Å². The highest BCUT2D eigenvalue weighted by Gasteiger charge is 2.29. The molecule has 1 atom stereocenters. The van der Waals surface area contributed by atoms with E-state index in [1.807, 2.05) is 6.07 Å². The summed E-state index contributed by atoms with van der Waals surface area (Å²) < 4.78 is 0. The van der Waals surface area contributed by atoms with E-state index >= 15 is 0 Å². The van der Waals surface area contributed by atoms with Gasteiger partial charge in [-0.25, -0.2) is 4.98 Å². The molecule has 0 fully saturated rings. The molecule has 1 unspecified atom stereocenters. The molecule has 0 aliphatic heterocycles. The number of hydrogen-bond acceptors (Lipinski definition) is 2. The number of pyridine rings is 1. The molecule has 2 nitrogen and oxygen atoms in total. The molecule has 1 aliphatic rings. The zero-order valence-corrected chi connectivity index (χ0v) is 16.3. The Morgan fingerprint density at radius 3 is 2.29 bits per heavy atom. The molecule has 28 heavy (non-hydrogen) atoms. The standard InChI is InChI=1S/C26H24N2/c1-16(2)17-11-13-18(14-12-17)23-15-19-7-3-4-8-20(19)25-24(23)21-9-5-6-10-22(21)26(27)28-25/h3-14,16,23H,15H2,1-2H3,(H2,27,28). The molecule has 0 saturated heterocycles. The van der Waals surface area contributed by atoms with Gasteiger partial charge in [0.2, 0.25) is 0 Å². The van der Waals surface area contributed by atoms with Gasteiger partial charge in [-0.1, -0.05) is 86.6 Å². The van der Waals surface area contributed by atoms with Crippen LogP contribution in [0.4, 0.5) is 5.82 Å². The van der Waals surface area contributed by atoms with Crippen molar-refractivity contribution in [3.05, 3.63) is 95.1 Å². The summed E-state index contributed by atoms with van der Waals surface area (Å²) in [5.41, 5.74) is 14.0. The Labute approximate surface area is 166 Å². The Balaban J connectivity index is 1.79. The fourth-order valence-corrected chi connectivity index (χ4v) is 4.52. The van der Waals surface area contributed by atoms with E-state index in [1.54, 1.807) is 0 Å². The number of fused-ring (bicyclic) bond motifs is 5. The van der Waals surface area contributed by atoms with Crippen molar-refractivity contribution in [2.75, 3.05) is 5.73 Å². The molecule has 4 aromatic rings. The van der Waals surface area contributed by atoms with Gasteiger partial charge in [-0.15, -0.1) is 0 Å². The number of anilines is 1. The van der Waals surface area contributed by atoms with Gasteiger partial charge >= 0.3 is 0 Å². The SMILES string of the molecule is CC(C)c1ccc(C2Cc3ccccc3-c3nc(N)c4ccccc4c32)cc1. The molecular formula is C26H24N2. The third-order valence-corrected chi connectivity index (χ3v) is 6.03. The minimum Gasteiger partial charge on any atom is -0.383 e. The van der Waals surface area contributed by atoms with Gasteiger partial charge < -0.3 is 5.73 Å². The van der Waals surface area contributed by atoms with Crippen LogP contribution in [0.5, 0.6) is 0 Å². The van der Waals surface area contributed by atoms with E-state index in [2.05, 4.69) is 80.6 Å². The van der Waals surface area contributed by atoms with E-state index in [0.29, 0.717) is 11.7 Å². The van der Waals surface area contributed by atoms with Crippen molar-refractivity contribution < 1.29 is 0 Å². The first-order chi connectivity index (χ1) is 13.6. The number of nitrogens with zero attached hydrogens (tertiary/aromatic N) is 1. The Kier molecular flexibility index (Phi) is 3.94. The number of aromatic nitrogens is 1. The Morgan fingerprint density at radius 1 is 0.857 bits per heavy atom. The first-order valence-corrected chi connectivity index (χ1v) is 9.99. The normalized spacial score (nSPS) is 15.5. The third-order valence-electron chi connectivity index (χ3n) is 6.03. The smallest absolute Gasteiger partial charge is 0.131 e. The maximum absolute atomic E-state index is 6.36. The highest BCUT2D eigenvalue weighted by atomic mass is 14.9. The van der Waals surface area contributed by atoms with E-state index in [0.717, 1.165) is 17.5 Å². The average molecular weight is 364 g/mol. The van der Waals surface area contributed by atoms with E-state index in [9.17, 15) is 0 Å². The fraction of sp³-hybridized carbons (Fsp3) is 0.192. The van der Waals surface area contributed by atoms with E-state index < -0.39 is 0 Å². The van der Waals surface area contributed by atoms with Gasteiger partial charge in [0.15, 0.2) is 0 Å². The predicted octanol–water partition coefficient (Wildman–Crippen LogP) is 6.30. The highest BCUT2D eigenvalue weighted by Crippen LogP contribution is 2.45. The van der Waals surface area contributed by atoms with Crippen LogP contribution in [0.25, 0.3) is 22.0 Å². The molecule has 3 aromatic carbocycles. The number of nitrogen functional groups attached to an aromatic ring is 1. The number of benzene rings is 3. The summed E-state index contributed by atoms with van der Waals surface area (Å²) in [5, 5.41) is 2.27. The number of hydrogen-bond donors (Lipinski definition) is 1. The number of nitrogens with two attached hydrogens (primary N) is 1. The van der Waals surface area contributed by atoms with Crippen LogP contribution in [-0.4, -0.2) is 4.98 Å². The van der Waals surface area contributed by atoms with Crippen LogP contribution in [0.15, 0.2) is 72.8 Å². The molecular weight excluding hydrogens is 340 g/mol. The van der Waals surface area contributed by atoms with Crippen molar-refractivity contribution in [3.63, 3.8) is 0 Å². The van der Waals surface area contributed by atoms with Gasteiger partial charge in [-0.05, 0) is 40.0 Å². The quantitative estimate of drug-likeness (QED) is 0.453. The van der Waals surface area contributed by atoms with E-state index in [-0.39, 0.29) is 5.92 Å². The maximum atomic E-state index is 6.36. The van der Waals surface area contributed by atoms with Gasteiger partial charge in [0.05, 0.1) is 5.69 Å². The minimum absolute atomic E-state index is 0.282. The molecule has 0 amide bonds. The average Bonchev–Trinajstić information content (AvgIpc) is 2.73. The van der Waals surface area contributed by atoms with Gasteiger partial charge in [0.1, 0.15) is 5.82 Å². The van der Waals surface area contributed by atoms with Gasteiger partial charge in [0, 0.05) is 16.9 Å². The van der Waals surface area contributed by atoms with Crippen LogP contribution in [0, 0.1) is 0 Å². The fourth-order valence-electron chi connectivity index (χ4n) is 4.52. The van der Waals surface area contributed by atoms with Crippen molar-refractivity contribution in [1.29, 1.82) is 0 Å². The molecule has 138 valence electrons. The summed E-state index contributed by atoms with van der Waals surface area (Å²) >= 11 is 0. The Bertz CT molecular complexity index is 1170. The maximum Gasteiger partial charge on any atom is 0.131 e. The van der Waals surface area contributed by atoms with Crippen LogP contribution in [-0.2, 0) is 6.42 Å². The molecule has 0 radical (unpaired) electrons. The molecule has 0 bridgehead atoms. The largest absolute Gasteiger partial charge is 0.383 e. The lowest BCUT2D eigenvalue weighted by molar-refractivity contribution is 0.791. The first kappa shape index (κ1) is 17.0. The summed E-state index contributed by atoms with van der Waals surface area (Å²) in [6.07, 6.45) is 0.986. The Hall–Kier alpha value is -3.13. The number of rotatable bonds is 2. The lowest BCUT2D eigenvalue weighted by atomic mass is 9.76. The van der Waals surface area contributed by atoms with Crippen molar-refractivity contribution in [2.45, 2.75) is 32.1 Å². The third kappa shape index (κ3) is 2.60. The van der Waals surface area contributed by atoms with E-state index in [1.165, 1.54) is 33.2 Å². The molecule has 2 N–H and O–H groups in total. The predicted molar refractivity (Wildman–Crippen MR) is 118 cm³/mol. The summed E-state index contributed by atoms with van der Waals surface area (Å²) in [5.74, 6) is 1.43. The monoisotopic (exact) mass is 364 g/mol. The highest BCUT2D eigenvalue weighted by molar-refractivity contribution is 5.98. The Morgan fingerprint density at radius 2 is 1.54 bits per heavy atom. The lowest BCUT2D eigenvalue weighted by Gasteiger charge is -2.29. The van der Waals surface area contributed by atoms with Crippen molar-refractivity contribution in [1.82, 2.24) is 4.98 Å². The van der Waals surface area contributed by atoms with Crippen LogP contribution in [0.2, 0.25) is 0 Å². The van der Waals surface area contributed by atoms with Crippen LogP contribution < -0.4 is 5.73 Å². The topological polar surface area (TPSA) is 38.9 Å². The molecule has 2 heteroatoms. The minimum atomic E-state index is 0.282. The molecule has 1 aromatic heterocycles. The summed E-state index contributed by atoms with van der Waals surface area (Å²) in [6.45, 7) is 4.47. The first-order valence-electron chi connectivity index (χ1n) is 9.99. The van der Waals surface area contributed by atoms with E-state index in [4.69, 9.17) is 10.7 Å². The lowest BCUT2D eigenvalue weighted by Crippen LogP contribution is -2.15. The molecule has 0 saturated carbocycles. The zero-order chi connectivity index (χ0) is 19.3. The van der Waals surface area contributed by atoms with Crippen LogP contribution in [0.1, 0.15) is 47.9 Å². The van der Waals surface area contributed by atoms with Crippen LogP contribution >= 0.6 is 0 Å². The second-order valence-corrected chi connectivity index (χ2v) is 8.04. The molecule has 1 aliphatic carbocycles. The summed E-state index contributed by atoms with van der Waals surface area (Å²) in [7, 11) is 0. The van der Waals surface area contributed by atoms with Crippen molar-refractivity contribution >= 4 is 16.6 Å². The van der Waals surface area contributed by atoms with Crippen molar-refractivity contribution in [3.8, 4) is 11.3 Å². The second kappa shape index (κ2) is 6.49.